The number of halogens is 1. The summed E-state index contributed by atoms with van der Waals surface area (Å²) in [5, 5.41) is 0.732. The average Bonchev–Trinajstić information content (AvgIpc) is 2.80. The molecular weight excluding hydrogens is 293 g/mol. The van der Waals surface area contributed by atoms with E-state index >= 15 is 0 Å². The van der Waals surface area contributed by atoms with E-state index in [9.17, 15) is 9.18 Å². The smallest absolute Gasteiger partial charge is 0.295 e. The summed E-state index contributed by atoms with van der Waals surface area (Å²) in [6.45, 7) is 0.283. The van der Waals surface area contributed by atoms with Crippen molar-refractivity contribution in [2.24, 2.45) is 7.05 Å². The van der Waals surface area contributed by atoms with Crippen molar-refractivity contribution >= 4 is 21.9 Å². The van der Waals surface area contributed by atoms with Crippen molar-refractivity contribution in [2.45, 2.75) is 6.54 Å². The molecule has 0 aliphatic rings. The molecule has 0 fully saturated rings. The number of nitrogens with zero attached hydrogens (tertiary/aromatic N) is 3. The Balaban J connectivity index is 1.96. The molecule has 2 heterocycles. The Kier molecular flexibility index (Phi) is 3.01. The van der Waals surface area contributed by atoms with Crippen LogP contribution in [0.4, 0.5) is 4.39 Å². The number of imidazole rings is 1. The molecule has 0 amide bonds. The van der Waals surface area contributed by atoms with Gasteiger partial charge in [0.2, 0.25) is 0 Å². The Hall–Kier alpha value is -2.95. The molecule has 0 radical (unpaired) electrons. The molecule has 2 aromatic heterocycles. The number of aromatic nitrogens is 3. The van der Waals surface area contributed by atoms with E-state index in [1.54, 1.807) is 28.4 Å². The summed E-state index contributed by atoms with van der Waals surface area (Å²) in [4.78, 5) is 16.9. The number of benzene rings is 2. The van der Waals surface area contributed by atoms with E-state index in [0.29, 0.717) is 11.1 Å². The summed E-state index contributed by atoms with van der Waals surface area (Å²) in [7, 11) is 1.74. The number of pyridine rings is 1. The van der Waals surface area contributed by atoms with Crippen LogP contribution in [0.15, 0.2) is 59.5 Å². The normalized spacial score (nSPS) is 11.4. The molecule has 0 aliphatic heterocycles. The highest BCUT2D eigenvalue weighted by molar-refractivity contribution is 5.82. The average molecular weight is 307 g/mol. The van der Waals surface area contributed by atoms with Gasteiger partial charge in [0.05, 0.1) is 23.1 Å². The Bertz CT molecular complexity index is 1090. The molecule has 5 heteroatoms. The lowest BCUT2D eigenvalue weighted by Gasteiger charge is -2.07. The van der Waals surface area contributed by atoms with Crippen LogP contribution in [-0.2, 0) is 13.6 Å². The largest absolute Gasteiger partial charge is 0.329 e. The molecule has 23 heavy (non-hydrogen) atoms. The van der Waals surface area contributed by atoms with Gasteiger partial charge in [-0.2, -0.15) is 0 Å². The third-order valence-corrected chi connectivity index (χ3v) is 4.13. The monoisotopic (exact) mass is 307 g/mol. The molecule has 0 atom stereocenters. The van der Waals surface area contributed by atoms with Gasteiger partial charge in [0.1, 0.15) is 5.82 Å². The third-order valence-electron chi connectivity index (χ3n) is 4.13. The van der Waals surface area contributed by atoms with Gasteiger partial charge >= 0.3 is 5.69 Å². The highest BCUT2D eigenvalue weighted by Gasteiger charge is 2.13. The fourth-order valence-electron chi connectivity index (χ4n) is 3.03. The Morgan fingerprint density at radius 2 is 1.87 bits per heavy atom. The fraction of sp³-hybridized carbons (Fsp3) is 0.111. The number of hydrogen-bond donors (Lipinski definition) is 0. The summed E-state index contributed by atoms with van der Waals surface area (Å²) < 4.78 is 17.2. The molecule has 114 valence electrons. The summed E-state index contributed by atoms with van der Waals surface area (Å²) in [5.41, 5.74) is 2.96. The Morgan fingerprint density at radius 1 is 1.09 bits per heavy atom. The van der Waals surface area contributed by atoms with Crippen LogP contribution in [-0.4, -0.2) is 14.1 Å². The minimum absolute atomic E-state index is 0.125. The summed E-state index contributed by atoms with van der Waals surface area (Å²) >= 11 is 0. The van der Waals surface area contributed by atoms with Crippen LogP contribution in [0.1, 0.15) is 5.56 Å². The second kappa shape index (κ2) is 5.05. The van der Waals surface area contributed by atoms with E-state index < -0.39 is 0 Å². The lowest BCUT2D eigenvalue weighted by molar-refractivity contribution is 0.625. The van der Waals surface area contributed by atoms with Crippen LogP contribution in [0.3, 0.4) is 0 Å². The van der Waals surface area contributed by atoms with Crippen LogP contribution in [0, 0.1) is 5.82 Å². The topological polar surface area (TPSA) is 39.8 Å². The molecule has 2 aromatic carbocycles. The van der Waals surface area contributed by atoms with Crippen molar-refractivity contribution in [3.8, 4) is 0 Å². The minimum atomic E-state index is -0.325. The molecule has 0 bridgehead atoms. The highest BCUT2D eigenvalue weighted by atomic mass is 19.1. The lowest BCUT2D eigenvalue weighted by atomic mass is 10.1. The Morgan fingerprint density at radius 3 is 2.70 bits per heavy atom. The maximum absolute atomic E-state index is 13.9. The molecular formula is C18H14FN3O. The molecule has 0 N–H and O–H groups in total. The lowest BCUT2D eigenvalue weighted by Crippen LogP contribution is -2.22. The predicted molar refractivity (Wildman–Crippen MR) is 88.0 cm³/mol. The van der Waals surface area contributed by atoms with Crippen LogP contribution in [0.5, 0.6) is 0 Å². The van der Waals surface area contributed by atoms with Gasteiger partial charge in [-0.1, -0.05) is 18.2 Å². The van der Waals surface area contributed by atoms with Crippen molar-refractivity contribution in [3.63, 3.8) is 0 Å². The molecule has 0 aliphatic carbocycles. The van der Waals surface area contributed by atoms with Crippen LogP contribution >= 0.6 is 0 Å². The van der Waals surface area contributed by atoms with Gasteiger partial charge in [-0.3, -0.25) is 14.1 Å². The Labute approximate surface area is 131 Å². The van der Waals surface area contributed by atoms with Crippen molar-refractivity contribution in [3.05, 3.63) is 76.6 Å². The summed E-state index contributed by atoms with van der Waals surface area (Å²) in [5.74, 6) is -0.325. The molecule has 0 unspecified atom stereocenters. The zero-order chi connectivity index (χ0) is 16.0. The zero-order valence-corrected chi connectivity index (χ0v) is 12.5. The van der Waals surface area contributed by atoms with Gasteiger partial charge in [-0.25, -0.2) is 9.18 Å². The first-order chi connectivity index (χ1) is 11.1. The highest BCUT2D eigenvalue weighted by Crippen LogP contribution is 2.21. The molecule has 4 aromatic rings. The number of hydrogen-bond acceptors (Lipinski definition) is 2. The third kappa shape index (κ3) is 2.12. The van der Waals surface area contributed by atoms with E-state index in [2.05, 4.69) is 4.98 Å². The van der Waals surface area contributed by atoms with Gasteiger partial charge in [0.15, 0.2) is 0 Å². The first-order valence-electron chi connectivity index (χ1n) is 7.32. The second-order valence-electron chi connectivity index (χ2n) is 5.56. The van der Waals surface area contributed by atoms with Gasteiger partial charge in [-0.15, -0.1) is 0 Å². The molecule has 0 saturated carbocycles. The van der Waals surface area contributed by atoms with Gasteiger partial charge < -0.3 is 0 Å². The standard InChI is InChI=1S/C18H14FN3O/c1-21-15-6-2-3-7-16(15)22(18(21)23)11-13-10-14(19)9-12-5-4-8-20-17(12)13/h2-10H,11H2,1H3. The van der Waals surface area contributed by atoms with Crippen LogP contribution in [0.2, 0.25) is 0 Å². The van der Waals surface area contributed by atoms with Gasteiger partial charge in [-0.05, 0) is 30.3 Å². The van der Waals surface area contributed by atoms with E-state index in [4.69, 9.17) is 0 Å². The predicted octanol–water partition coefficient (Wildman–Crippen LogP) is 3.08. The molecule has 4 rings (SSSR count). The van der Waals surface area contributed by atoms with E-state index in [1.807, 2.05) is 30.3 Å². The van der Waals surface area contributed by atoms with Crippen molar-refractivity contribution in [1.82, 2.24) is 14.1 Å². The maximum Gasteiger partial charge on any atom is 0.329 e. The van der Waals surface area contributed by atoms with E-state index in [1.165, 1.54) is 12.1 Å². The molecule has 0 spiro atoms. The van der Waals surface area contributed by atoms with Crippen LogP contribution in [0.25, 0.3) is 21.9 Å². The number of para-hydroxylation sites is 2. The van der Waals surface area contributed by atoms with Crippen molar-refractivity contribution in [1.29, 1.82) is 0 Å². The first kappa shape index (κ1) is 13.7. The van der Waals surface area contributed by atoms with E-state index in [-0.39, 0.29) is 18.1 Å². The van der Waals surface area contributed by atoms with Gasteiger partial charge in [0.25, 0.3) is 0 Å². The van der Waals surface area contributed by atoms with Crippen LogP contribution < -0.4 is 5.69 Å². The summed E-state index contributed by atoms with van der Waals surface area (Å²) in [6, 6.07) is 14.1. The first-order valence-corrected chi connectivity index (χ1v) is 7.32. The quantitative estimate of drug-likeness (QED) is 0.571. The second-order valence-corrected chi connectivity index (χ2v) is 5.56. The number of aryl methyl sites for hydroxylation is 1. The fourth-order valence-corrected chi connectivity index (χ4v) is 3.03. The molecule has 4 nitrogen and oxygen atoms in total. The maximum atomic E-state index is 13.9. The SMILES string of the molecule is Cn1c(=O)n(Cc2cc(F)cc3cccnc23)c2ccccc21. The van der Waals surface area contributed by atoms with E-state index in [0.717, 1.165) is 16.4 Å². The van der Waals surface area contributed by atoms with Crippen molar-refractivity contribution in [2.75, 3.05) is 0 Å². The summed E-state index contributed by atoms with van der Waals surface area (Å²) in [6.07, 6.45) is 1.68. The molecule has 0 saturated heterocycles. The van der Waals surface area contributed by atoms with Gasteiger partial charge in [0, 0.05) is 24.2 Å². The van der Waals surface area contributed by atoms with Crippen molar-refractivity contribution < 1.29 is 4.39 Å². The zero-order valence-electron chi connectivity index (χ0n) is 12.5. The minimum Gasteiger partial charge on any atom is -0.295 e. The number of rotatable bonds is 2. The number of fused-ring (bicyclic) bond motifs is 2.